The number of hydrogen-bond acceptors (Lipinski definition) is 2. The van der Waals surface area contributed by atoms with E-state index < -0.39 is 17.7 Å². The van der Waals surface area contributed by atoms with E-state index in [1.54, 1.807) is 6.92 Å². The van der Waals surface area contributed by atoms with Crippen LogP contribution >= 0.6 is 0 Å². The molecule has 1 aliphatic rings. The van der Waals surface area contributed by atoms with E-state index in [9.17, 15) is 14.0 Å². The summed E-state index contributed by atoms with van der Waals surface area (Å²) < 4.78 is 13.5. The number of anilines is 1. The van der Waals surface area contributed by atoms with Gasteiger partial charge in [0.2, 0.25) is 5.91 Å². The van der Waals surface area contributed by atoms with E-state index in [1.165, 1.54) is 6.07 Å². The maximum atomic E-state index is 13.5. The molecule has 1 aliphatic heterocycles. The molecule has 1 aromatic carbocycles. The van der Waals surface area contributed by atoms with Gasteiger partial charge in [0.1, 0.15) is 5.82 Å². The van der Waals surface area contributed by atoms with Crippen LogP contribution in [0.15, 0.2) is 12.1 Å². The van der Waals surface area contributed by atoms with Gasteiger partial charge in [-0.25, -0.2) is 9.18 Å². The average Bonchev–Trinajstić information content (AvgIpc) is 2.54. The molecule has 0 fully saturated rings. The second-order valence-corrected chi connectivity index (χ2v) is 3.68. The Morgan fingerprint density at radius 3 is 2.81 bits per heavy atom. The van der Waals surface area contributed by atoms with Gasteiger partial charge in [0.05, 0.1) is 17.2 Å². The Kier molecular flexibility index (Phi) is 2.38. The summed E-state index contributed by atoms with van der Waals surface area (Å²) in [5.74, 6) is -2.63. The molecular formula is C11H10FNO3. The van der Waals surface area contributed by atoms with Crippen LogP contribution in [-0.2, 0) is 4.79 Å². The first-order chi connectivity index (χ1) is 7.54. The van der Waals surface area contributed by atoms with Crippen molar-refractivity contribution in [2.75, 3.05) is 5.32 Å². The Bertz CT molecular complexity index is 484. The van der Waals surface area contributed by atoms with Crippen molar-refractivity contribution in [2.24, 2.45) is 0 Å². The molecule has 0 aromatic heterocycles. The fourth-order valence-corrected chi connectivity index (χ4v) is 1.91. The lowest BCUT2D eigenvalue weighted by atomic mass is 9.96. The van der Waals surface area contributed by atoms with E-state index in [2.05, 4.69) is 5.32 Å². The van der Waals surface area contributed by atoms with Crippen molar-refractivity contribution < 1.29 is 19.1 Å². The minimum absolute atomic E-state index is 0.113. The van der Waals surface area contributed by atoms with Gasteiger partial charge in [-0.3, -0.25) is 4.79 Å². The fraction of sp³-hybridized carbons (Fsp3) is 0.273. The second kappa shape index (κ2) is 3.59. The normalized spacial score (nSPS) is 18.1. The van der Waals surface area contributed by atoms with Gasteiger partial charge in [0, 0.05) is 0 Å². The summed E-state index contributed by atoms with van der Waals surface area (Å²) in [5.41, 5.74) is 0.415. The summed E-state index contributed by atoms with van der Waals surface area (Å²) in [7, 11) is 0. The number of hydrogen-bond donors (Lipinski definition) is 2. The first-order valence-electron chi connectivity index (χ1n) is 4.92. The number of carboxylic acids is 1. The van der Waals surface area contributed by atoms with Crippen LogP contribution in [0.1, 0.15) is 35.2 Å². The van der Waals surface area contributed by atoms with Gasteiger partial charge < -0.3 is 10.4 Å². The summed E-state index contributed by atoms with van der Waals surface area (Å²) in [6.07, 6.45) is 0.515. The maximum Gasteiger partial charge on any atom is 0.335 e. The zero-order valence-electron chi connectivity index (χ0n) is 8.58. The quantitative estimate of drug-likeness (QED) is 0.805. The topological polar surface area (TPSA) is 66.4 Å². The van der Waals surface area contributed by atoms with Gasteiger partial charge in [-0.1, -0.05) is 6.92 Å². The Morgan fingerprint density at radius 1 is 1.56 bits per heavy atom. The minimum atomic E-state index is -1.20. The third kappa shape index (κ3) is 1.44. The van der Waals surface area contributed by atoms with Crippen LogP contribution in [0, 0.1) is 5.82 Å². The monoisotopic (exact) mass is 223 g/mol. The van der Waals surface area contributed by atoms with E-state index >= 15 is 0 Å². The molecule has 1 unspecified atom stereocenters. The van der Waals surface area contributed by atoms with Crippen LogP contribution in [0.2, 0.25) is 0 Å². The lowest BCUT2D eigenvalue weighted by molar-refractivity contribution is -0.117. The first kappa shape index (κ1) is 10.6. The number of fused-ring (bicyclic) bond motifs is 1. The van der Waals surface area contributed by atoms with E-state index in [1.807, 2.05) is 0 Å². The maximum absolute atomic E-state index is 13.5. The Hall–Kier alpha value is -1.91. The highest BCUT2D eigenvalue weighted by atomic mass is 19.1. The van der Waals surface area contributed by atoms with E-state index in [-0.39, 0.29) is 17.2 Å². The molecule has 2 N–H and O–H groups in total. The van der Waals surface area contributed by atoms with Crippen molar-refractivity contribution in [1.29, 1.82) is 0 Å². The number of carbonyl (C=O) groups is 2. The molecule has 4 nitrogen and oxygen atoms in total. The zero-order chi connectivity index (χ0) is 11.9. The second-order valence-electron chi connectivity index (χ2n) is 3.68. The van der Waals surface area contributed by atoms with Crippen molar-refractivity contribution in [1.82, 2.24) is 0 Å². The lowest BCUT2D eigenvalue weighted by Crippen LogP contribution is -2.10. The Balaban J connectivity index is 2.59. The highest BCUT2D eigenvalue weighted by Gasteiger charge is 2.32. The molecule has 1 amide bonds. The van der Waals surface area contributed by atoms with Crippen LogP contribution in [0.25, 0.3) is 0 Å². The van der Waals surface area contributed by atoms with Gasteiger partial charge in [-0.05, 0) is 24.1 Å². The summed E-state index contributed by atoms with van der Waals surface area (Å²) in [5, 5.41) is 11.2. The molecule has 84 valence electrons. The van der Waals surface area contributed by atoms with Crippen molar-refractivity contribution in [3.63, 3.8) is 0 Å². The molecule has 16 heavy (non-hydrogen) atoms. The van der Waals surface area contributed by atoms with Gasteiger partial charge in [-0.15, -0.1) is 0 Å². The molecule has 0 aliphatic carbocycles. The van der Waals surface area contributed by atoms with E-state index in [0.717, 1.165) is 6.07 Å². The largest absolute Gasteiger partial charge is 0.478 e. The highest BCUT2D eigenvalue weighted by Crippen LogP contribution is 2.37. The molecule has 0 radical (unpaired) electrons. The number of amides is 1. The van der Waals surface area contributed by atoms with Crippen molar-refractivity contribution >= 4 is 17.6 Å². The molecule has 0 spiro atoms. The molecule has 5 heteroatoms. The smallest absolute Gasteiger partial charge is 0.335 e. The van der Waals surface area contributed by atoms with E-state index in [0.29, 0.717) is 12.0 Å². The predicted molar refractivity (Wildman–Crippen MR) is 55.0 cm³/mol. The first-order valence-corrected chi connectivity index (χ1v) is 4.92. The number of aromatic carboxylic acids is 1. The van der Waals surface area contributed by atoms with Crippen LogP contribution < -0.4 is 5.32 Å². The number of carboxylic acid groups (broad SMARTS) is 1. The van der Waals surface area contributed by atoms with Crippen LogP contribution in [0.4, 0.5) is 10.1 Å². The zero-order valence-corrected chi connectivity index (χ0v) is 8.58. The highest BCUT2D eigenvalue weighted by molar-refractivity contribution is 6.04. The third-order valence-corrected chi connectivity index (χ3v) is 2.72. The van der Waals surface area contributed by atoms with Crippen LogP contribution in [0.5, 0.6) is 0 Å². The summed E-state index contributed by atoms with van der Waals surface area (Å²) >= 11 is 0. The third-order valence-electron chi connectivity index (χ3n) is 2.72. The molecule has 0 saturated carbocycles. The molecule has 0 saturated heterocycles. The van der Waals surface area contributed by atoms with Gasteiger partial charge in [0.15, 0.2) is 0 Å². The average molecular weight is 223 g/mol. The summed E-state index contributed by atoms with van der Waals surface area (Å²) in [4.78, 5) is 22.2. The number of rotatable bonds is 2. The molecular weight excluding hydrogens is 213 g/mol. The predicted octanol–water partition coefficient (Wildman–Crippen LogP) is 1.97. The van der Waals surface area contributed by atoms with Gasteiger partial charge in [-0.2, -0.15) is 0 Å². The molecule has 1 heterocycles. The molecule has 2 rings (SSSR count). The fourth-order valence-electron chi connectivity index (χ4n) is 1.91. The van der Waals surface area contributed by atoms with Crippen LogP contribution in [-0.4, -0.2) is 17.0 Å². The molecule has 1 atom stereocenters. The van der Waals surface area contributed by atoms with Crippen molar-refractivity contribution in [2.45, 2.75) is 19.3 Å². The number of carbonyl (C=O) groups excluding carboxylic acids is 1. The van der Waals surface area contributed by atoms with Crippen molar-refractivity contribution in [3.05, 3.63) is 29.1 Å². The summed E-state index contributed by atoms with van der Waals surface area (Å²) in [6.45, 7) is 1.80. The minimum Gasteiger partial charge on any atom is -0.478 e. The van der Waals surface area contributed by atoms with Gasteiger partial charge in [0.25, 0.3) is 0 Å². The SMILES string of the molecule is CCC1C(=O)Nc2c(F)cc(C(=O)O)cc21. The number of nitrogens with one attached hydrogen (secondary N) is 1. The number of benzene rings is 1. The Morgan fingerprint density at radius 2 is 2.25 bits per heavy atom. The molecule has 0 bridgehead atoms. The standard InChI is InChI=1S/C11H10FNO3/c1-2-6-7-3-5(11(15)16)4-8(12)9(7)13-10(6)14/h3-4,6H,2H2,1H3,(H,13,14)(H,15,16). The van der Waals surface area contributed by atoms with Crippen molar-refractivity contribution in [3.8, 4) is 0 Å². The van der Waals surface area contributed by atoms with Gasteiger partial charge >= 0.3 is 5.97 Å². The number of halogens is 1. The summed E-state index contributed by atoms with van der Waals surface area (Å²) in [6, 6.07) is 2.27. The van der Waals surface area contributed by atoms with E-state index in [4.69, 9.17) is 5.11 Å². The van der Waals surface area contributed by atoms with Crippen LogP contribution in [0.3, 0.4) is 0 Å². The molecule has 1 aromatic rings. The lowest BCUT2D eigenvalue weighted by Gasteiger charge is -2.06. The Labute approximate surface area is 91.1 Å².